The normalized spacial score (nSPS) is 15.0. The van der Waals surface area contributed by atoms with Crippen LogP contribution in [0.2, 0.25) is 0 Å². The fourth-order valence-corrected chi connectivity index (χ4v) is 1.99. The van der Waals surface area contributed by atoms with Gasteiger partial charge in [0.2, 0.25) is 0 Å². The van der Waals surface area contributed by atoms with Crippen molar-refractivity contribution in [1.29, 1.82) is 0 Å². The molecule has 1 nitrogen and oxygen atoms in total. The lowest BCUT2D eigenvalue weighted by Crippen LogP contribution is -2.33. The van der Waals surface area contributed by atoms with Gasteiger partial charge in [-0.25, -0.2) is 0 Å². The molecule has 0 N–H and O–H groups in total. The van der Waals surface area contributed by atoms with E-state index in [4.69, 9.17) is 4.43 Å². The van der Waals surface area contributed by atoms with Crippen molar-refractivity contribution in [3.63, 3.8) is 0 Å². The van der Waals surface area contributed by atoms with E-state index in [1.807, 2.05) is 0 Å². The third-order valence-electron chi connectivity index (χ3n) is 2.91. The van der Waals surface area contributed by atoms with E-state index >= 15 is 0 Å². The highest BCUT2D eigenvalue weighted by Gasteiger charge is 2.26. The SMILES string of the molecule is CCCCC(CC)C(C)(C)O[SiH3]. The predicted molar refractivity (Wildman–Crippen MR) is 58.4 cm³/mol. The van der Waals surface area contributed by atoms with Crippen molar-refractivity contribution in [2.45, 2.75) is 59.0 Å². The highest BCUT2D eigenvalue weighted by atomic mass is 28.2. The van der Waals surface area contributed by atoms with E-state index < -0.39 is 0 Å². The van der Waals surface area contributed by atoms with Crippen molar-refractivity contribution in [2.24, 2.45) is 5.92 Å². The molecule has 0 amide bonds. The zero-order valence-electron chi connectivity index (χ0n) is 9.31. The second-order valence-electron chi connectivity index (χ2n) is 4.05. The molecule has 74 valence electrons. The summed E-state index contributed by atoms with van der Waals surface area (Å²) in [6, 6.07) is 0. The Morgan fingerprint density at radius 2 is 1.92 bits per heavy atom. The smallest absolute Gasteiger partial charge is 0.146 e. The Kier molecular flexibility index (Phi) is 5.84. The molecule has 0 aromatic heterocycles. The maximum atomic E-state index is 5.63. The second-order valence-corrected chi connectivity index (χ2v) is 4.46. The van der Waals surface area contributed by atoms with Gasteiger partial charge in [-0.2, -0.15) is 0 Å². The van der Waals surface area contributed by atoms with Gasteiger partial charge in [-0.3, -0.25) is 0 Å². The summed E-state index contributed by atoms with van der Waals surface area (Å²) in [5, 5.41) is 0. The van der Waals surface area contributed by atoms with E-state index in [-0.39, 0.29) is 5.60 Å². The molecule has 1 unspecified atom stereocenters. The van der Waals surface area contributed by atoms with Gasteiger partial charge >= 0.3 is 0 Å². The maximum Gasteiger partial charge on any atom is 0.146 e. The van der Waals surface area contributed by atoms with Gasteiger partial charge in [0.15, 0.2) is 0 Å². The lowest BCUT2D eigenvalue weighted by molar-refractivity contribution is 0.0450. The van der Waals surface area contributed by atoms with E-state index in [1.165, 1.54) is 25.7 Å². The van der Waals surface area contributed by atoms with Gasteiger partial charge in [0, 0.05) is 0 Å². The van der Waals surface area contributed by atoms with Crippen LogP contribution in [0.5, 0.6) is 0 Å². The molecular formula is C10H24OSi. The van der Waals surface area contributed by atoms with Crippen molar-refractivity contribution in [3.8, 4) is 0 Å². The molecule has 0 aliphatic rings. The molecule has 0 heterocycles. The molecule has 0 aromatic carbocycles. The minimum absolute atomic E-state index is 0.121. The highest BCUT2D eigenvalue weighted by Crippen LogP contribution is 2.27. The van der Waals surface area contributed by atoms with Crippen molar-refractivity contribution in [3.05, 3.63) is 0 Å². The van der Waals surface area contributed by atoms with Crippen LogP contribution in [0.15, 0.2) is 0 Å². The van der Waals surface area contributed by atoms with E-state index in [9.17, 15) is 0 Å². The van der Waals surface area contributed by atoms with E-state index in [1.54, 1.807) is 0 Å². The fraction of sp³-hybridized carbons (Fsp3) is 1.00. The summed E-state index contributed by atoms with van der Waals surface area (Å²) in [5.74, 6) is 0.745. The van der Waals surface area contributed by atoms with Crippen LogP contribution in [0.3, 0.4) is 0 Å². The van der Waals surface area contributed by atoms with Crippen molar-refractivity contribution >= 4 is 10.5 Å². The minimum atomic E-state index is 0.121. The van der Waals surface area contributed by atoms with Crippen LogP contribution >= 0.6 is 0 Å². The Balaban J connectivity index is 3.95. The molecular weight excluding hydrogens is 164 g/mol. The quantitative estimate of drug-likeness (QED) is 0.581. The van der Waals surface area contributed by atoms with Gasteiger partial charge in [0.05, 0.1) is 5.60 Å². The Bertz CT molecular complexity index is 112. The zero-order chi connectivity index (χ0) is 9.61. The first kappa shape index (κ1) is 12.2. The summed E-state index contributed by atoms with van der Waals surface area (Å²) in [6.45, 7) is 8.97. The molecule has 12 heavy (non-hydrogen) atoms. The average molecular weight is 188 g/mol. The molecule has 1 atom stereocenters. The molecule has 2 heteroatoms. The average Bonchev–Trinajstić information content (AvgIpc) is 2.05. The maximum absolute atomic E-state index is 5.63. The Morgan fingerprint density at radius 3 is 2.25 bits per heavy atom. The first-order chi connectivity index (χ1) is 5.58. The van der Waals surface area contributed by atoms with Crippen LogP contribution in [0, 0.1) is 5.92 Å². The number of hydrogen-bond acceptors (Lipinski definition) is 1. The topological polar surface area (TPSA) is 9.23 Å². The van der Waals surface area contributed by atoms with Crippen molar-refractivity contribution < 1.29 is 4.43 Å². The van der Waals surface area contributed by atoms with E-state index in [2.05, 4.69) is 27.7 Å². The van der Waals surface area contributed by atoms with Gasteiger partial charge in [-0.15, -0.1) is 0 Å². The zero-order valence-corrected chi connectivity index (χ0v) is 11.3. The largest absolute Gasteiger partial charge is 0.423 e. The third kappa shape index (κ3) is 3.72. The highest BCUT2D eigenvalue weighted by molar-refractivity contribution is 5.98. The van der Waals surface area contributed by atoms with Gasteiger partial charge < -0.3 is 4.43 Å². The van der Waals surface area contributed by atoms with Crippen LogP contribution in [-0.2, 0) is 4.43 Å². The number of unbranched alkanes of at least 4 members (excludes halogenated alkanes) is 1. The van der Waals surface area contributed by atoms with Crippen LogP contribution in [0.25, 0.3) is 0 Å². The van der Waals surface area contributed by atoms with Crippen LogP contribution in [0.1, 0.15) is 53.4 Å². The summed E-state index contributed by atoms with van der Waals surface area (Å²) in [6.07, 6.45) is 5.21. The van der Waals surface area contributed by atoms with Crippen LogP contribution in [0.4, 0.5) is 0 Å². The molecule has 0 bridgehead atoms. The summed E-state index contributed by atoms with van der Waals surface area (Å²) in [5.41, 5.74) is 0.121. The molecule has 0 saturated heterocycles. The third-order valence-corrected chi connectivity index (χ3v) is 3.96. The van der Waals surface area contributed by atoms with Gasteiger partial charge in [-0.05, 0) is 26.2 Å². The molecule has 0 radical (unpaired) electrons. The van der Waals surface area contributed by atoms with E-state index in [0.717, 1.165) is 16.4 Å². The molecule has 0 fully saturated rings. The molecule has 0 aliphatic carbocycles. The number of hydrogen-bond donors (Lipinski definition) is 0. The summed E-state index contributed by atoms with van der Waals surface area (Å²) >= 11 is 0. The Morgan fingerprint density at radius 1 is 1.33 bits per heavy atom. The van der Waals surface area contributed by atoms with Crippen LogP contribution < -0.4 is 0 Å². The van der Waals surface area contributed by atoms with Crippen LogP contribution in [-0.4, -0.2) is 16.1 Å². The minimum Gasteiger partial charge on any atom is -0.423 e. The number of rotatable bonds is 6. The van der Waals surface area contributed by atoms with Gasteiger partial charge in [0.25, 0.3) is 0 Å². The monoisotopic (exact) mass is 188 g/mol. The first-order valence-electron chi connectivity index (χ1n) is 5.13. The summed E-state index contributed by atoms with van der Waals surface area (Å²) in [4.78, 5) is 0. The van der Waals surface area contributed by atoms with Crippen molar-refractivity contribution in [2.75, 3.05) is 0 Å². The predicted octanol–water partition coefficient (Wildman–Crippen LogP) is 2.28. The molecule has 0 aliphatic heterocycles. The lowest BCUT2D eigenvalue weighted by Gasteiger charge is -2.33. The first-order valence-corrected chi connectivity index (χ1v) is 5.95. The molecule has 0 saturated carbocycles. The standard InChI is InChI=1S/C10H24OSi/c1-5-7-8-9(6-2)10(3,4)11-12/h9H,5-8H2,1-4,12H3. The Hall–Kier alpha value is 0.177. The van der Waals surface area contributed by atoms with Gasteiger partial charge in [-0.1, -0.05) is 33.1 Å². The summed E-state index contributed by atoms with van der Waals surface area (Å²) < 4.78 is 5.63. The molecule has 0 spiro atoms. The molecule has 0 rings (SSSR count). The lowest BCUT2D eigenvalue weighted by atomic mass is 9.85. The second kappa shape index (κ2) is 5.76. The van der Waals surface area contributed by atoms with Gasteiger partial charge in [0.1, 0.15) is 10.5 Å². The van der Waals surface area contributed by atoms with Crippen molar-refractivity contribution in [1.82, 2.24) is 0 Å². The van der Waals surface area contributed by atoms with E-state index in [0.29, 0.717) is 0 Å². The fourth-order valence-electron chi connectivity index (χ4n) is 1.66. The summed E-state index contributed by atoms with van der Waals surface area (Å²) in [7, 11) is 0.858. The Labute approximate surface area is 80.4 Å². The molecule has 0 aromatic rings.